The van der Waals surface area contributed by atoms with Crippen LogP contribution in [0.4, 0.5) is 0 Å². The van der Waals surface area contributed by atoms with E-state index in [2.05, 4.69) is 13.8 Å². The Morgan fingerprint density at radius 2 is 2.11 bits per heavy atom. The molecule has 0 aliphatic heterocycles. The van der Waals surface area contributed by atoms with Crippen LogP contribution >= 0.6 is 0 Å². The van der Waals surface area contributed by atoms with Gasteiger partial charge in [0.2, 0.25) is 0 Å². The fourth-order valence-electron chi connectivity index (χ4n) is 2.76. The standard InChI is InChI=1S/C15H20O3/c1-10(2)11-8-15(9-11,14(16)17)12-5-4-6-13(7-12)18-3/h4-7,10-11H,8-9H2,1-3H3,(H,16,17). The minimum absolute atomic E-state index is 0.507. The third kappa shape index (κ3) is 1.98. The number of hydrogen-bond donors (Lipinski definition) is 1. The summed E-state index contributed by atoms with van der Waals surface area (Å²) in [7, 11) is 1.60. The van der Waals surface area contributed by atoms with Gasteiger partial charge in [0.05, 0.1) is 12.5 Å². The molecule has 0 bridgehead atoms. The largest absolute Gasteiger partial charge is 0.497 e. The van der Waals surface area contributed by atoms with Crippen LogP contribution in [0.3, 0.4) is 0 Å². The lowest BCUT2D eigenvalue weighted by Gasteiger charge is -2.46. The van der Waals surface area contributed by atoms with E-state index >= 15 is 0 Å². The van der Waals surface area contributed by atoms with Crippen LogP contribution in [0.5, 0.6) is 5.75 Å². The molecule has 1 aliphatic carbocycles. The Labute approximate surface area is 108 Å². The molecule has 3 heteroatoms. The van der Waals surface area contributed by atoms with E-state index in [-0.39, 0.29) is 0 Å². The van der Waals surface area contributed by atoms with Gasteiger partial charge in [-0.25, -0.2) is 0 Å². The van der Waals surface area contributed by atoms with Gasteiger partial charge in [0.15, 0.2) is 0 Å². The molecule has 3 nitrogen and oxygen atoms in total. The van der Waals surface area contributed by atoms with Crippen molar-refractivity contribution in [3.8, 4) is 5.75 Å². The second-order valence-electron chi connectivity index (χ2n) is 5.53. The number of aliphatic carboxylic acids is 1. The SMILES string of the molecule is COc1cccc(C2(C(=O)O)CC(C(C)C)C2)c1. The molecule has 1 N–H and O–H groups in total. The highest BCUT2D eigenvalue weighted by molar-refractivity contribution is 5.83. The van der Waals surface area contributed by atoms with Crippen LogP contribution in [0.15, 0.2) is 24.3 Å². The highest BCUT2D eigenvalue weighted by Crippen LogP contribution is 2.51. The van der Waals surface area contributed by atoms with Crippen LogP contribution in [0.1, 0.15) is 32.3 Å². The third-order valence-corrected chi connectivity index (χ3v) is 4.20. The van der Waals surface area contributed by atoms with Crippen LogP contribution < -0.4 is 4.74 Å². The van der Waals surface area contributed by atoms with Gasteiger partial charge >= 0.3 is 5.97 Å². The Balaban J connectivity index is 2.30. The van der Waals surface area contributed by atoms with Gasteiger partial charge in [-0.3, -0.25) is 4.79 Å². The number of rotatable bonds is 4. The first-order valence-electron chi connectivity index (χ1n) is 6.37. The molecule has 1 saturated carbocycles. The quantitative estimate of drug-likeness (QED) is 0.890. The van der Waals surface area contributed by atoms with Crippen LogP contribution in [0.2, 0.25) is 0 Å². The molecule has 0 amide bonds. The van der Waals surface area contributed by atoms with E-state index < -0.39 is 11.4 Å². The van der Waals surface area contributed by atoms with Crippen molar-refractivity contribution in [1.29, 1.82) is 0 Å². The maximum absolute atomic E-state index is 11.6. The van der Waals surface area contributed by atoms with E-state index in [1.165, 1.54) is 0 Å². The number of benzene rings is 1. The summed E-state index contributed by atoms with van der Waals surface area (Å²) >= 11 is 0. The molecule has 0 aromatic heterocycles. The van der Waals surface area contributed by atoms with E-state index in [0.717, 1.165) is 24.2 Å². The minimum Gasteiger partial charge on any atom is -0.497 e. The number of methoxy groups -OCH3 is 1. The zero-order valence-corrected chi connectivity index (χ0v) is 11.1. The van der Waals surface area contributed by atoms with Crippen molar-refractivity contribution in [1.82, 2.24) is 0 Å². The molecular weight excluding hydrogens is 228 g/mol. The summed E-state index contributed by atoms with van der Waals surface area (Å²) in [6.45, 7) is 4.31. The lowest BCUT2D eigenvalue weighted by molar-refractivity contribution is -0.150. The molecule has 0 unspecified atom stereocenters. The molecule has 0 heterocycles. The lowest BCUT2D eigenvalue weighted by Crippen LogP contribution is -2.49. The maximum atomic E-state index is 11.6. The van der Waals surface area contributed by atoms with E-state index in [1.54, 1.807) is 7.11 Å². The fourth-order valence-corrected chi connectivity index (χ4v) is 2.76. The molecule has 2 rings (SSSR count). The monoisotopic (exact) mass is 248 g/mol. The number of hydrogen-bond acceptors (Lipinski definition) is 2. The molecule has 1 aromatic rings. The first-order valence-corrected chi connectivity index (χ1v) is 6.37. The molecular formula is C15H20O3. The summed E-state index contributed by atoms with van der Waals surface area (Å²) < 4.78 is 5.18. The first-order chi connectivity index (χ1) is 8.49. The zero-order valence-electron chi connectivity index (χ0n) is 11.1. The van der Waals surface area contributed by atoms with Crippen LogP contribution in [-0.2, 0) is 10.2 Å². The van der Waals surface area contributed by atoms with Gasteiger partial charge in [-0.15, -0.1) is 0 Å². The molecule has 1 aliphatic rings. The molecule has 0 spiro atoms. The Bertz CT molecular complexity index is 445. The van der Waals surface area contributed by atoms with Gasteiger partial charge in [-0.2, -0.15) is 0 Å². The van der Waals surface area contributed by atoms with Gasteiger partial charge in [-0.05, 0) is 42.4 Å². The topological polar surface area (TPSA) is 46.5 Å². The minimum atomic E-state index is -0.715. The predicted molar refractivity (Wildman–Crippen MR) is 69.9 cm³/mol. The molecule has 0 saturated heterocycles. The van der Waals surface area contributed by atoms with Gasteiger partial charge in [0, 0.05) is 0 Å². The predicted octanol–water partition coefficient (Wildman–Crippen LogP) is 3.08. The third-order valence-electron chi connectivity index (χ3n) is 4.20. The van der Waals surface area contributed by atoms with Crippen molar-refractivity contribution in [2.24, 2.45) is 11.8 Å². The van der Waals surface area contributed by atoms with Gasteiger partial charge in [0.25, 0.3) is 0 Å². The van der Waals surface area contributed by atoms with E-state index in [1.807, 2.05) is 24.3 Å². The van der Waals surface area contributed by atoms with Crippen molar-refractivity contribution in [2.75, 3.05) is 7.11 Å². The average Bonchev–Trinajstić information content (AvgIpc) is 2.27. The maximum Gasteiger partial charge on any atom is 0.314 e. The van der Waals surface area contributed by atoms with Gasteiger partial charge in [-0.1, -0.05) is 26.0 Å². The van der Waals surface area contributed by atoms with Gasteiger partial charge in [0.1, 0.15) is 5.75 Å². The van der Waals surface area contributed by atoms with Crippen LogP contribution in [-0.4, -0.2) is 18.2 Å². The van der Waals surface area contributed by atoms with E-state index in [9.17, 15) is 9.90 Å². The molecule has 0 atom stereocenters. The number of ether oxygens (including phenoxy) is 1. The summed E-state index contributed by atoms with van der Waals surface area (Å²) in [4.78, 5) is 11.6. The number of carboxylic acids is 1. The van der Waals surface area contributed by atoms with Crippen LogP contribution in [0.25, 0.3) is 0 Å². The lowest BCUT2D eigenvalue weighted by atomic mass is 9.56. The second-order valence-corrected chi connectivity index (χ2v) is 5.53. The Morgan fingerprint density at radius 1 is 1.44 bits per heavy atom. The fraction of sp³-hybridized carbons (Fsp3) is 0.533. The van der Waals surface area contributed by atoms with E-state index in [4.69, 9.17) is 4.74 Å². The Kier molecular flexibility index (Phi) is 3.33. The summed E-state index contributed by atoms with van der Waals surface area (Å²) in [6.07, 6.45) is 1.46. The first kappa shape index (κ1) is 12.9. The molecule has 98 valence electrons. The summed E-state index contributed by atoms with van der Waals surface area (Å²) in [6, 6.07) is 7.46. The second kappa shape index (κ2) is 4.63. The van der Waals surface area contributed by atoms with Crippen molar-refractivity contribution in [3.63, 3.8) is 0 Å². The molecule has 1 aromatic carbocycles. The average molecular weight is 248 g/mol. The van der Waals surface area contributed by atoms with Crippen molar-refractivity contribution >= 4 is 5.97 Å². The number of carboxylic acid groups (broad SMARTS) is 1. The van der Waals surface area contributed by atoms with Crippen molar-refractivity contribution < 1.29 is 14.6 Å². The van der Waals surface area contributed by atoms with E-state index in [0.29, 0.717) is 11.8 Å². The normalized spacial score (nSPS) is 26.8. The zero-order chi connectivity index (χ0) is 13.3. The highest BCUT2D eigenvalue weighted by atomic mass is 16.5. The smallest absolute Gasteiger partial charge is 0.314 e. The molecule has 18 heavy (non-hydrogen) atoms. The van der Waals surface area contributed by atoms with Crippen molar-refractivity contribution in [3.05, 3.63) is 29.8 Å². The molecule has 1 fully saturated rings. The highest BCUT2D eigenvalue weighted by Gasteiger charge is 2.52. The Hall–Kier alpha value is -1.51. The Morgan fingerprint density at radius 3 is 2.61 bits per heavy atom. The summed E-state index contributed by atoms with van der Waals surface area (Å²) in [5, 5.41) is 9.56. The van der Waals surface area contributed by atoms with Crippen molar-refractivity contribution in [2.45, 2.75) is 32.1 Å². The summed E-state index contributed by atoms with van der Waals surface area (Å²) in [5.74, 6) is 1.06. The van der Waals surface area contributed by atoms with Gasteiger partial charge < -0.3 is 9.84 Å². The van der Waals surface area contributed by atoms with Crippen LogP contribution in [0, 0.1) is 11.8 Å². The summed E-state index contributed by atoms with van der Waals surface area (Å²) in [5.41, 5.74) is 0.162. The number of carbonyl (C=O) groups is 1. The molecule has 0 radical (unpaired) electrons.